The molecule has 0 aliphatic rings. The Hall–Kier alpha value is -1.58. The Kier molecular flexibility index (Phi) is 3.08. The highest BCUT2D eigenvalue weighted by molar-refractivity contribution is 5.24. The van der Waals surface area contributed by atoms with Gasteiger partial charge in [0, 0.05) is 18.3 Å². The molecule has 0 aliphatic heterocycles. The quantitative estimate of drug-likeness (QED) is 0.725. The highest BCUT2D eigenvalue weighted by Crippen LogP contribution is 2.24. The molecule has 1 atom stereocenters. The van der Waals surface area contributed by atoms with Crippen molar-refractivity contribution in [2.75, 3.05) is 6.61 Å². The van der Waals surface area contributed by atoms with Crippen molar-refractivity contribution in [1.29, 1.82) is 0 Å². The third kappa shape index (κ3) is 2.15. The summed E-state index contributed by atoms with van der Waals surface area (Å²) in [5, 5.41) is 19.8. The molecule has 0 spiro atoms. The Labute approximate surface area is 94.4 Å². The monoisotopic (exact) mass is 217 g/mol. The topological polar surface area (TPSA) is 56.2 Å². The molecule has 2 rings (SSSR count). The second kappa shape index (κ2) is 4.51. The van der Waals surface area contributed by atoms with Crippen LogP contribution in [-0.2, 0) is 12.0 Å². The fraction of sp³-hybridized carbons (Fsp3) is 0.231. The van der Waals surface area contributed by atoms with Crippen molar-refractivity contribution in [1.82, 2.24) is 4.98 Å². The molecule has 0 saturated heterocycles. The molecule has 1 unspecified atom stereocenters. The zero-order chi connectivity index (χ0) is 11.4. The van der Waals surface area contributed by atoms with Crippen LogP contribution in [0.5, 0.6) is 0 Å². The van der Waals surface area contributed by atoms with E-state index >= 15 is 0 Å². The van der Waals surface area contributed by atoms with E-state index in [4.69, 9.17) is 0 Å². The van der Waals surface area contributed by atoms with Crippen molar-refractivity contribution in [2.45, 2.75) is 12.0 Å². The van der Waals surface area contributed by atoms with E-state index in [0.717, 1.165) is 11.3 Å². The van der Waals surface area contributed by atoms with Crippen molar-refractivity contribution in [2.24, 2.45) is 0 Å². The van der Waals surface area contributed by atoms with E-state index in [1.54, 1.807) is 6.20 Å². The van der Waals surface area contributed by atoms with Gasteiger partial charge in [-0.2, -0.15) is 0 Å². The minimum atomic E-state index is -1.22. The number of aromatic nitrogens is 1. The summed E-state index contributed by atoms with van der Waals surface area (Å²) in [4.78, 5) is 3.03. The third-order valence-corrected chi connectivity index (χ3v) is 2.72. The lowest BCUT2D eigenvalue weighted by Gasteiger charge is -2.25. The van der Waals surface area contributed by atoms with Crippen LogP contribution in [0.15, 0.2) is 48.7 Å². The largest absolute Gasteiger partial charge is 0.393 e. The zero-order valence-electron chi connectivity index (χ0n) is 8.93. The van der Waals surface area contributed by atoms with Crippen molar-refractivity contribution in [3.05, 3.63) is 59.9 Å². The van der Waals surface area contributed by atoms with Gasteiger partial charge in [0.05, 0.1) is 6.61 Å². The number of benzene rings is 1. The molecule has 0 fully saturated rings. The van der Waals surface area contributed by atoms with E-state index < -0.39 is 5.60 Å². The standard InChI is InChI=1S/C13H15NO2/c15-10-13(16,9-12-7-4-8-14-12)11-5-2-1-3-6-11/h1-8,14-16H,9-10H2. The van der Waals surface area contributed by atoms with Crippen LogP contribution >= 0.6 is 0 Å². The van der Waals surface area contributed by atoms with Crippen LogP contribution in [0, 0.1) is 0 Å². The summed E-state index contributed by atoms with van der Waals surface area (Å²) >= 11 is 0. The van der Waals surface area contributed by atoms with Gasteiger partial charge in [-0.15, -0.1) is 0 Å². The van der Waals surface area contributed by atoms with Gasteiger partial charge in [-0.25, -0.2) is 0 Å². The number of hydrogen-bond donors (Lipinski definition) is 3. The van der Waals surface area contributed by atoms with E-state index in [1.807, 2.05) is 42.5 Å². The van der Waals surface area contributed by atoms with Gasteiger partial charge in [0.1, 0.15) is 5.60 Å². The lowest BCUT2D eigenvalue weighted by Crippen LogP contribution is -2.32. The third-order valence-electron chi connectivity index (χ3n) is 2.72. The van der Waals surface area contributed by atoms with E-state index in [1.165, 1.54) is 0 Å². The Balaban J connectivity index is 2.26. The average Bonchev–Trinajstić information content (AvgIpc) is 2.83. The molecule has 3 N–H and O–H groups in total. The summed E-state index contributed by atoms with van der Waals surface area (Å²) in [5.41, 5.74) is 0.416. The number of hydrogen-bond acceptors (Lipinski definition) is 2. The van der Waals surface area contributed by atoms with E-state index in [9.17, 15) is 10.2 Å². The molecule has 0 aliphatic carbocycles. The number of H-pyrrole nitrogens is 1. The summed E-state index contributed by atoms with van der Waals surface area (Å²) in [6.07, 6.45) is 2.18. The maximum absolute atomic E-state index is 10.4. The molecule has 1 aromatic heterocycles. The number of rotatable bonds is 4. The van der Waals surface area contributed by atoms with Gasteiger partial charge in [-0.05, 0) is 17.7 Å². The average molecular weight is 217 g/mol. The fourth-order valence-electron chi connectivity index (χ4n) is 1.79. The summed E-state index contributed by atoms with van der Waals surface area (Å²) in [6.45, 7) is -0.296. The molecular formula is C13H15NO2. The molecular weight excluding hydrogens is 202 g/mol. The Morgan fingerprint density at radius 2 is 1.81 bits per heavy atom. The van der Waals surface area contributed by atoms with Gasteiger partial charge in [-0.1, -0.05) is 30.3 Å². The van der Waals surface area contributed by atoms with Crippen LogP contribution in [0.2, 0.25) is 0 Å². The zero-order valence-corrected chi connectivity index (χ0v) is 8.93. The predicted octanol–water partition coefficient (Wildman–Crippen LogP) is 1.44. The molecule has 1 heterocycles. The minimum Gasteiger partial charge on any atom is -0.393 e. The maximum atomic E-state index is 10.4. The number of aliphatic hydroxyl groups is 2. The first-order valence-electron chi connectivity index (χ1n) is 5.26. The summed E-state index contributed by atoms with van der Waals surface area (Å²) < 4.78 is 0. The van der Waals surface area contributed by atoms with Crippen LogP contribution in [0.4, 0.5) is 0 Å². The van der Waals surface area contributed by atoms with Crippen LogP contribution in [0.25, 0.3) is 0 Å². The Morgan fingerprint density at radius 1 is 1.06 bits per heavy atom. The first kappa shape index (κ1) is 10.9. The first-order valence-corrected chi connectivity index (χ1v) is 5.26. The summed E-state index contributed by atoms with van der Waals surface area (Å²) in [5.74, 6) is 0. The molecule has 3 nitrogen and oxygen atoms in total. The van der Waals surface area contributed by atoms with Gasteiger partial charge in [0.15, 0.2) is 0 Å². The SMILES string of the molecule is OCC(O)(Cc1ccc[nH]1)c1ccccc1. The number of nitrogens with one attached hydrogen (secondary N) is 1. The van der Waals surface area contributed by atoms with Crippen molar-refractivity contribution < 1.29 is 10.2 Å². The predicted molar refractivity (Wildman–Crippen MR) is 61.9 cm³/mol. The second-order valence-electron chi connectivity index (χ2n) is 3.93. The summed E-state index contributed by atoms with van der Waals surface area (Å²) in [7, 11) is 0. The van der Waals surface area contributed by atoms with Crippen LogP contribution in [0.1, 0.15) is 11.3 Å². The number of aromatic amines is 1. The number of aliphatic hydroxyl groups excluding tert-OH is 1. The van der Waals surface area contributed by atoms with E-state index in [2.05, 4.69) is 4.98 Å². The van der Waals surface area contributed by atoms with Gasteiger partial charge in [0.25, 0.3) is 0 Å². The smallest absolute Gasteiger partial charge is 0.118 e. The normalized spacial score (nSPS) is 14.6. The second-order valence-corrected chi connectivity index (χ2v) is 3.93. The van der Waals surface area contributed by atoms with E-state index in [-0.39, 0.29) is 6.61 Å². The van der Waals surface area contributed by atoms with Crippen LogP contribution < -0.4 is 0 Å². The molecule has 2 aromatic rings. The Bertz CT molecular complexity index is 424. The van der Waals surface area contributed by atoms with Gasteiger partial charge >= 0.3 is 0 Å². The lowest BCUT2D eigenvalue weighted by atomic mass is 9.90. The minimum absolute atomic E-state index is 0.296. The lowest BCUT2D eigenvalue weighted by molar-refractivity contribution is -0.0194. The molecule has 0 radical (unpaired) electrons. The molecule has 16 heavy (non-hydrogen) atoms. The highest BCUT2D eigenvalue weighted by atomic mass is 16.3. The first-order chi connectivity index (χ1) is 7.74. The van der Waals surface area contributed by atoms with Crippen molar-refractivity contribution in [3.8, 4) is 0 Å². The molecule has 3 heteroatoms. The van der Waals surface area contributed by atoms with Gasteiger partial charge in [0.2, 0.25) is 0 Å². The molecule has 0 saturated carbocycles. The summed E-state index contributed by atoms with van der Waals surface area (Å²) in [6, 6.07) is 13.0. The fourth-order valence-corrected chi connectivity index (χ4v) is 1.79. The van der Waals surface area contributed by atoms with Gasteiger partial charge < -0.3 is 15.2 Å². The van der Waals surface area contributed by atoms with Gasteiger partial charge in [-0.3, -0.25) is 0 Å². The molecule has 0 amide bonds. The molecule has 84 valence electrons. The van der Waals surface area contributed by atoms with Crippen LogP contribution in [-0.4, -0.2) is 21.8 Å². The van der Waals surface area contributed by atoms with Crippen molar-refractivity contribution >= 4 is 0 Å². The maximum Gasteiger partial charge on any atom is 0.118 e. The molecule has 1 aromatic carbocycles. The van der Waals surface area contributed by atoms with Crippen molar-refractivity contribution in [3.63, 3.8) is 0 Å². The highest BCUT2D eigenvalue weighted by Gasteiger charge is 2.28. The van der Waals surface area contributed by atoms with Crippen LogP contribution in [0.3, 0.4) is 0 Å². The van der Waals surface area contributed by atoms with E-state index in [0.29, 0.717) is 6.42 Å². The Morgan fingerprint density at radius 3 is 2.38 bits per heavy atom. The molecule has 0 bridgehead atoms.